The third-order valence-electron chi connectivity index (χ3n) is 14.5. The second-order valence-corrected chi connectivity index (χ2v) is 21.4. The molecule has 2 rings (SSSR count). The SMILES string of the molecule is C/C1=C/C=C\C(C)C(O)CC(O)C(C)C(O)CCC(C)C(O)CC2(O)OC(CC(OC(=O)CC(=O)O)CC(O)CC(O)CC(O)/C(C)=C\C=C/C(C)C(C(C)CCC/C=C/CCCN=C(N)N)OC1=O)CC(O)C2O. The maximum Gasteiger partial charge on any atom is 0.334 e. The number of aliphatic carboxylic acids is 1. The van der Waals surface area contributed by atoms with E-state index in [0.717, 1.165) is 32.1 Å². The van der Waals surface area contributed by atoms with Gasteiger partial charge >= 0.3 is 17.9 Å². The van der Waals surface area contributed by atoms with E-state index in [2.05, 4.69) is 17.1 Å². The molecular weight excluding hydrogens is 975 g/mol. The van der Waals surface area contributed by atoms with Crippen molar-refractivity contribution in [3.05, 3.63) is 59.8 Å². The molecule has 15 N–H and O–H groups in total. The lowest BCUT2D eigenvalue weighted by atomic mass is 9.84. The average molecular weight is 1070 g/mol. The number of fused-ring (bicyclic) bond motifs is 2. The Morgan fingerprint density at radius 2 is 1.41 bits per heavy atom. The minimum absolute atomic E-state index is 0.0618. The van der Waals surface area contributed by atoms with Crippen LogP contribution in [0.2, 0.25) is 0 Å². The van der Waals surface area contributed by atoms with Crippen molar-refractivity contribution in [2.45, 2.75) is 224 Å². The summed E-state index contributed by atoms with van der Waals surface area (Å²) in [7, 11) is 0. The molecule has 2 heterocycles. The largest absolute Gasteiger partial charge is 0.481 e. The molecule has 0 radical (unpaired) electrons. The number of hydrogen-bond acceptors (Lipinski definition) is 17. The van der Waals surface area contributed by atoms with Gasteiger partial charge in [0.25, 0.3) is 0 Å². The number of aliphatic hydroxyl groups is 10. The minimum Gasteiger partial charge on any atom is -0.481 e. The highest BCUT2D eigenvalue weighted by atomic mass is 16.7. The molecular formula is C55H93N3O17. The number of hydrogen-bond donors (Lipinski definition) is 13. The third kappa shape index (κ3) is 25.3. The van der Waals surface area contributed by atoms with Crippen LogP contribution in [0.3, 0.4) is 0 Å². The summed E-state index contributed by atoms with van der Waals surface area (Å²) in [5, 5.41) is 120. The number of aliphatic imine (C=N–C) groups is 1. The molecule has 20 heteroatoms. The van der Waals surface area contributed by atoms with Gasteiger partial charge in [0.2, 0.25) is 0 Å². The predicted octanol–water partition coefficient (Wildman–Crippen LogP) is 3.11. The number of nitrogens with two attached hydrogens (primary N) is 2. The van der Waals surface area contributed by atoms with Gasteiger partial charge < -0.3 is 81.8 Å². The lowest BCUT2D eigenvalue weighted by Gasteiger charge is -2.45. The maximum atomic E-state index is 13.6. The quantitative estimate of drug-likeness (QED) is 0.0333. The topological polar surface area (TPSA) is 366 Å². The van der Waals surface area contributed by atoms with Crippen LogP contribution >= 0.6 is 0 Å². The van der Waals surface area contributed by atoms with Gasteiger partial charge in [0.15, 0.2) is 11.7 Å². The van der Waals surface area contributed by atoms with Gasteiger partial charge in [-0.1, -0.05) is 83.2 Å². The molecule has 0 aromatic carbocycles. The Bertz CT molecular complexity index is 1910. The second kappa shape index (κ2) is 34.0. The summed E-state index contributed by atoms with van der Waals surface area (Å²) in [6.45, 7) is 12.8. The zero-order valence-corrected chi connectivity index (χ0v) is 45.2. The van der Waals surface area contributed by atoms with Crippen molar-refractivity contribution in [1.29, 1.82) is 0 Å². The van der Waals surface area contributed by atoms with Crippen LogP contribution in [0.25, 0.3) is 0 Å². The van der Waals surface area contributed by atoms with Crippen LogP contribution in [-0.2, 0) is 28.6 Å². The van der Waals surface area contributed by atoms with E-state index in [4.69, 9.17) is 25.7 Å². The van der Waals surface area contributed by atoms with Crippen molar-refractivity contribution < 1.29 is 84.8 Å². The van der Waals surface area contributed by atoms with Gasteiger partial charge in [0.1, 0.15) is 24.7 Å². The molecule has 18 atom stereocenters. The summed E-state index contributed by atoms with van der Waals surface area (Å²) < 4.78 is 17.5. The minimum atomic E-state index is -2.52. The van der Waals surface area contributed by atoms with Gasteiger partial charge in [-0.05, 0) is 82.6 Å². The fraction of sp³-hybridized carbons (Fsp3) is 0.745. The fourth-order valence-electron chi connectivity index (χ4n) is 9.34. The molecule has 2 aliphatic rings. The van der Waals surface area contributed by atoms with Crippen LogP contribution in [0.4, 0.5) is 0 Å². The van der Waals surface area contributed by atoms with Crippen LogP contribution in [-0.4, -0.2) is 166 Å². The van der Waals surface area contributed by atoms with E-state index >= 15 is 0 Å². The Morgan fingerprint density at radius 1 is 0.787 bits per heavy atom. The van der Waals surface area contributed by atoms with E-state index < -0.39 is 128 Å². The van der Waals surface area contributed by atoms with E-state index in [-0.39, 0.29) is 69.2 Å². The molecule has 430 valence electrons. The van der Waals surface area contributed by atoms with Gasteiger partial charge in [-0.25, -0.2) is 4.79 Å². The lowest BCUT2D eigenvalue weighted by molar-refractivity contribution is -0.333. The van der Waals surface area contributed by atoms with Crippen molar-refractivity contribution >= 4 is 23.9 Å². The van der Waals surface area contributed by atoms with E-state index in [9.17, 15) is 70.6 Å². The number of nitrogens with zero attached hydrogens (tertiary/aromatic N) is 1. The molecule has 18 unspecified atom stereocenters. The number of carbonyl (C=O) groups is 3. The highest BCUT2D eigenvalue weighted by Gasteiger charge is 2.50. The molecule has 0 aromatic heterocycles. The number of aliphatic hydroxyl groups excluding tert-OH is 9. The normalized spacial score (nSPS) is 38.0. The fourth-order valence-corrected chi connectivity index (χ4v) is 9.34. The van der Waals surface area contributed by atoms with Crippen LogP contribution in [0.1, 0.15) is 145 Å². The van der Waals surface area contributed by atoms with Gasteiger partial charge in [-0.15, -0.1) is 0 Å². The number of guanidine groups is 1. The highest BCUT2D eigenvalue weighted by Crippen LogP contribution is 2.36. The van der Waals surface area contributed by atoms with Crippen LogP contribution in [0, 0.1) is 29.6 Å². The predicted molar refractivity (Wildman–Crippen MR) is 282 cm³/mol. The standard InChI is InChI=1S/C55H93N3O17/c1-32-17-14-19-36(5)51(35(4)16-12-10-8-9-11-13-23-58-54(56)57)74-53(71)37(6)20-15-18-33(2)45(63)29-46(64)38(7)43(61)22-21-34(3)48(66)31-55(72)52(70)47(65)28-42(75-55)27-41(73-50(69)30-49(67)68)25-39(59)24-40(60)26-44(32)62/h8-9,14-15,17-20,33-36,38-48,51-52,59-66,70,72H,10-13,16,21-31H2,1-7H3,(H,67,68)(H4,56,57,58)/b9-8+,18-15-,19-14-,32-17-,37-20-. The smallest absolute Gasteiger partial charge is 0.334 e. The molecule has 0 amide bonds. The van der Waals surface area contributed by atoms with Crippen molar-refractivity contribution in [1.82, 2.24) is 0 Å². The van der Waals surface area contributed by atoms with Crippen LogP contribution in [0.5, 0.6) is 0 Å². The zero-order chi connectivity index (χ0) is 56.6. The molecule has 0 spiro atoms. The van der Waals surface area contributed by atoms with Gasteiger partial charge in [0, 0.05) is 68.4 Å². The van der Waals surface area contributed by atoms with Crippen molar-refractivity contribution in [2.75, 3.05) is 6.54 Å². The molecule has 2 bridgehead atoms. The number of unbranched alkanes of at least 4 members (excludes halogenated alkanes) is 2. The first-order chi connectivity index (χ1) is 35.1. The number of rotatable bonds is 12. The summed E-state index contributed by atoms with van der Waals surface area (Å²) in [5.74, 6) is -7.78. The van der Waals surface area contributed by atoms with E-state index in [1.807, 2.05) is 19.9 Å². The molecule has 1 fully saturated rings. The summed E-state index contributed by atoms with van der Waals surface area (Å²) in [4.78, 5) is 41.5. The van der Waals surface area contributed by atoms with Crippen molar-refractivity contribution in [3.8, 4) is 0 Å². The molecule has 0 aromatic rings. The number of carbonyl (C=O) groups excluding carboxylic acids is 2. The maximum absolute atomic E-state index is 13.6. The molecule has 0 aliphatic carbocycles. The number of ether oxygens (including phenoxy) is 3. The Kier molecular flexibility index (Phi) is 30.4. The van der Waals surface area contributed by atoms with Gasteiger partial charge in [-0.2, -0.15) is 0 Å². The van der Waals surface area contributed by atoms with Crippen molar-refractivity contribution in [3.63, 3.8) is 0 Å². The number of esters is 2. The molecule has 20 nitrogen and oxygen atoms in total. The van der Waals surface area contributed by atoms with E-state index in [1.165, 1.54) is 0 Å². The zero-order valence-electron chi connectivity index (χ0n) is 45.2. The molecule has 75 heavy (non-hydrogen) atoms. The first-order valence-electron chi connectivity index (χ1n) is 26.7. The summed E-state index contributed by atoms with van der Waals surface area (Å²) in [6.07, 6.45) is 0.718. The number of carboxylic acids is 1. The Hall–Kier alpha value is -4.06. The Morgan fingerprint density at radius 3 is 2.07 bits per heavy atom. The summed E-state index contributed by atoms with van der Waals surface area (Å²) in [5.41, 5.74) is 11.6. The third-order valence-corrected chi connectivity index (χ3v) is 14.5. The van der Waals surface area contributed by atoms with Crippen LogP contribution < -0.4 is 11.5 Å². The second-order valence-electron chi connectivity index (χ2n) is 21.4. The number of cyclic esters (lactones) is 1. The highest BCUT2D eigenvalue weighted by molar-refractivity contribution is 5.90. The van der Waals surface area contributed by atoms with E-state index in [0.29, 0.717) is 17.7 Å². The van der Waals surface area contributed by atoms with Gasteiger partial charge in [-0.3, -0.25) is 14.6 Å². The molecule has 0 saturated carbocycles. The summed E-state index contributed by atoms with van der Waals surface area (Å²) in [6, 6.07) is 0. The Balaban J connectivity index is 2.45. The lowest BCUT2D eigenvalue weighted by Crippen LogP contribution is -2.60. The van der Waals surface area contributed by atoms with E-state index in [1.54, 1.807) is 65.0 Å². The monoisotopic (exact) mass is 1070 g/mol. The van der Waals surface area contributed by atoms with Crippen LogP contribution in [0.15, 0.2) is 64.7 Å². The number of allylic oxidation sites excluding steroid dienone is 6. The first-order valence-corrected chi connectivity index (χ1v) is 26.7. The first kappa shape index (κ1) is 67.1. The average Bonchev–Trinajstić information content (AvgIpc) is 3.31. The Labute approximate surface area is 443 Å². The molecule has 1 saturated heterocycles. The summed E-state index contributed by atoms with van der Waals surface area (Å²) >= 11 is 0. The van der Waals surface area contributed by atoms with Gasteiger partial charge in [0.05, 0.1) is 54.9 Å². The number of carboxylic acid groups (broad SMARTS) is 1. The van der Waals surface area contributed by atoms with Crippen molar-refractivity contribution in [2.24, 2.45) is 46.0 Å². The molecule has 2 aliphatic heterocycles.